The lowest BCUT2D eigenvalue weighted by Gasteiger charge is -2.25. The summed E-state index contributed by atoms with van der Waals surface area (Å²) in [6.07, 6.45) is 3.47. The second-order valence-corrected chi connectivity index (χ2v) is 7.38. The molecule has 25 heavy (non-hydrogen) atoms. The second kappa shape index (κ2) is 6.65. The van der Waals surface area contributed by atoms with Crippen LogP contribution in [0.4, 0.5) is 0 Å². The van der Waals surface area contributed by atoms with Crippen LogP contribution >= 0.6 is 0 Å². The van der Waals surface area contributed by atoms with Gasteiger partial charge in [-0.25, -0.2) is 4.79 Å². The fourth-order valence-electron chi connectivity index (χ4n) is 4.15. The van der Waals surface area contributed by atoms with Gasteiger partial charge in [-0.2, -0.15) is 0 Å². The van der Waals surface area contributed by atoms with Crippen molar-refractivity contribution in [1.29, 1.82) is 0 Å². The van der Waals surface area contributed by atoms with Crippen LogP contribution in [0.15, 0.2) is 0 Å². The largest absolute Gasteiger partial charge is 0.468 e. The molecular weight excluding hydrogens is 322 g/mol. The van der Waals surface area contributed by atoms with E-state index in [1.807, 2.05) is 6.92 Å². The number of aromatic nitrogens is 1. The number of H-pyrrole nitrogens is 1. The molecule has 0 saturated heterocycles. The normalized spacial score (nSPS) is 28.6. The molecule has 6 heteroatoms. The number of fused-ring (bicyclic) bond motifs is 1. The maximum atomic E-state index is 12.8. The average molecular weight is 347 g/mol. The highest BCUT2D eigenvalue weighted by atomic mass is 16.5. The van der Waals surface area contributed by atoms with Gasteiger partial charge in [0.2, 0.25) is 0 Å². The molecule has 0 amide bonds. The van der Waals surface area contributed by atoms with Crippen LogP contribution in [0, 0.1) is 24.7 Å². The highest BCUT2D eigenvalue weighted by Gasteiger charge is 2.42. The van der Waals surface area contributed by atoms with Gasteiger partial charge in [0.05, 0.1) is 7.11 Å². The number of aromatic amines is 1. The predicted octanol–water partition coefficient (Wildman–Crippen LogP) is 2.83. The fourth-order valence-corrected chi connectivity index (χ4v) is 4.15. The van der Waals surface area contributed by atoms with Gasteiger partial charge < -0.3 is 14.5 Å². The molecule has 0 bridgehead atoms. The Kier molecular flexibility index (Phi) is 4.71. The monoisotopic (exact) mass is 347 g/mol. The van der Waals surface area contributed by atoms with Gasteiger partial charge in [-0.15, -0.1) is 0 Å². The molecule has 1 fully saturated rings. The lowest BCUT2D eigenvalue weighted by Crippen LogP contribution is -2.36. The van der Waals surface area contributed by atoms with E-state index in [2.05, 4.69) is 11.9 Å². The van der Waals surface area contributed by atoms with E-state index < -0.39 is 17.9 Å². The highest BCUT2D eigenvalue weighted by Crippen LogP contribution is 2.35. The Labute approximate surface area is 147 Å². The van der Waals surface area contributed by atoms with Gasteiger partial charge in [0.1, 0.15) is 17.7 Å². The van der Waals surface area contributed by atoms with Crippen LogP contribution in [-0.4, -0.2) is 35.9 Å². The third-order valence-electron chi connectivity index (χ3n) is 5.65. The lowest BCUT2D eigenvalue weighted by molar-refractivity contribution is -0.145. The van der Waals surface area contributed by atoms with Crippen molar-refractivity contribution in [2.75, 3.05) is 7.11 Å². The van der Waals surface area contributed by atoms with Crippen molar-refractivity contribution < 1.29 is 23.9 Å². The summed E-state index contributed by atoms with van der Waals surface area (Å²) in [5.74, 6) is -1.84. The smallest absolute Gasteiger partial charge is 0.355 e. The standard InChI is InChI=1S/C19H25NO5/c1-9-6-5-7-13(9)25-19(23)16-11(3)15-12(20-16)8-10(2)14(17(15)21)18(22)24-4/h9-10,13-14,20H,5-8H2,1-4H3/t9-,10-,13-,14+/m0/s1. The third kappa shape index (κ3) is 2.98. The molecule has 0 unspecified atom stereocenters. The first-order chi connectivity index (χ1) is 11.8. The van der Waals surface area contributed by atoms with E-state index in [-0.39, 0.29) is 17.8 Å². The van der Waals surface area contributed by atoms with Gasteiger partial charge in [-0.1, -0.05) is 13.8 Å². The molecule has 0 radical (unpaired) electrons. The van der Waals surface area contributed by atoms with E-state index >= 15 is 0 Å². The first kappa shape index (κ1) is 17.7. The summed E-state index contributed by atoms with van der Waals surface area (Å²) in [5, 5.41) is 0. The van der Waals surface area contributed by atoms with Crippen molar-refractivity contribution in [2.24, 2.45) is 17.8 Å². The molecule has 1 aromatic heterocycles. The number of carbonyl (C=O) groups excluding carboxylic acids is 3. The van der Waals surface area contributed by atoms with E-state index in [9.17, 15) is 14.4 Å². The van der Waals surface area contributed by atoms with Crippen molar-refractivity contribution >= 4 is 17.7 Å². The van der Waals surface area contributed by atoms with Crippen molar-refractivity contribution in [1.82, 2.24) is 4.98 Å². The van der Waals surface area contributed by atoms with Crippen LogP contribution in [0.3, 0.4) is 0 Å². The first-order valence-electron chi connectivity index (χ1n) is 8.89. The number of hydrogen-bond acceptors (Lipinski definition) is 5. The van der Waals surface area contributed by atoms with Crippen molar-refractivity contribution in [3.8, 4) is 0 Å². The SMILES string of the molecule is COC(=O)[C@H]1C(=O)c2c([nH]c(C(=O)O[C@H]3CCC[C@@H]3C)c2C)C[C@@H]1C. The van der Waals surface area contributed by atoms with Crippen LogP contribution in [0.1, 0.15) is 65.2 Å². The molecule has 3 rings (SSSR count). The van der Waals surface area contributed by atoms with Crippen LogP contribution in [0.5, 0.6) is 0 Å². The summed E-state index contributed by atoms with van der Waals surface area (Å²) >= 11 is 0. The van der Waals surface area contributed by atoms with E-state index in [4.69, 9.17) is 9.47 Å². The molecule has 0 spiro atoms. The topological polar surface area (TPSA) is 85.5 Å². The highest BCUT2D eigenvalue weighted by molar-refractivity contribution is 6.12. The number of ketones is 1. The van der Waals surface area contributed by atoms with Crippen LogP contribution in [-0.2, 0) is 20.7 Å². The predicted molar refractivity (Wildman–Crippen MR) is 90.5 cm³/mol. The minimum absolute atomic E-state index is 0.0651. The molecule has 0 aliphatic heterocycles. The summed E-state index contributed by atoms with van der Waals surface area (Å²) in [7, 11) is 1.29. The minimum atomic E-state index is -0.814. The molecule has 2 aliphatic carbocycles. The van der Waals surface area contributed by atoms with Gasteiger partial charge in [0.15, 0.2) is 5.78 Å². The Morgan fingerprint density at radius 1 is 1.16 bits per heavy atom. The Balaban J connectivity index is 1.88. The minimum Gasteiger partial charge on any atom is -0.468 e. The number of hydrogen-bond donors (Lipinski definition) is 1. The number of methoxy groups -OCH3 is 1. The fraction of sp³-hybridized carbons (Fsp3) is 0.632. The Morgan fingerprint density at radius 3 is 2.48 bits per heavy atom. The molecule has 1 saturated carbocycles. The summed E-state index contributed by atoms with van der Waals surface area (Å²) in [6.45, 7) is 5.66. The Morgan fingerprint density at radius 2 is 1.88 bits per heavy atom. The van der Waals surface area contributed by atoms with Crippen molar-refractivity contribution in [3.05, 3.63) is 22.5 Å². The molecule has 136 valence electrons. The number of esters is 2. The van der Waals surface area contributed by atoms with Gasteiger partial charge in [0.25, 0.3) is 0 Å². The molecule has 1 aromatic rings. The van der Waals surface area contributed by atoms with Crippen LogP contribution in [0.2, 0.25) is 0 Å². The molecule has 6 nitrogen and oxygen atoms in total. The molecule has 2 aliphatic rings. The van der Waals surface area contributed by atoms with Crippen molar-refractivity contribution in [2.45, 2.75) is 52.6 Å². The van der Waals surface area contributed by atoms with E-state index in [0.29, 0.717) is 34.9 Å². The maximum Gasteiger partial charge on any atom is 0.355 e. The molecule has 1 heterocycles. The Hall–Kier alpha value is -2.11. The van der Waals surface area contributed by atoms with E-state index in [0.717, 1.165) is 19.3 Å². The van der Waals surface area contributed by atoms with E-state index in [1.54, 1.807) is 6.92 Å². The summed E-state index contributed by atoms with van der Waals surface area (Å²) in [5.41, 5.74) is 2.05. The summed E-state index contributed by atoms with van der Waals surface area (Å²) < 4.78 is 10.4. The summed E-state index contributed by atoms with van der Waals surface area (Å²) in [6, 6.07) is 0. The quantitative estimate of drug-likeness (QED) is 0.671. The Bertz CT molecular complexity index is 720. The van der Waals surface area contributed by atoms with Crippen LogP contribution < -0.4 is 0 Å². The summed E-state index contributed by atoms with van der Waals surface area (Å²) in [4.78, 5) is 40.4. The van der Waals surface area contributed by atoms with Gasteiger partial charge >= 0.3 is 11.9 Å². The number of Topliss-reactive ketones (excluding diaryl/α,β-unsaturated/α-hetero) is 1. The molecule has 1 N–H and O–H groups in total. The zero-order chi connectivity index (χ0) is 18.3. The van der Waals surface area contributed by atoms with E-state index in [1.165, 1.54) is 7.11 Å². The van der Waals surface area contributed by atoms with Crippen molar-refractivity contribution in [3.63, 3.8) is 0 Å². The molecule has 4 atom stereocenters. The second-order valence-electron chi connectivity index (χ2n) is 7.38. The maximum absolute atomic E-state index is 12.8. The first-order valence-corrected chi connectivity index (χ1v) is 8.89. The third-order valence-corrected chi connectivity index (χ3v) is 5.65. The van der Waals surface area contributed by atoms with Gasteiger partial charge in [-0.3, -0.25) is 9.59 Å². The molecular formula is C19H25NO5. The lowest BCUT2D eigenvalue weighted by atomic mass is 9.77. The number of ether oxygens (including phenoxy) is 2. The number of nitrogens with one attached hydrogen (secondary N) is 1. The number of carbonyl (C=O) groups is 3. The number of rotatable bonds is 3. The average Bonchev–Trinajstić information content (AvgIpc) is 3.10. The molecule has 0 aromatic carbocycles. The van der Waals surface area contributed by atoms with Crippen LogP contribution in [0.25, 0.3) is 0 Å². The zero-order valence-electron chi connectivity index (χ0n) is 15.2. The van der Waals surface area contributed by atoms with Gasteiger partial charge in [0, 0.05) is 11.3 Å². The zero-order valence-corrected chi connectivity index (χ0v) is 15.2. The van der Waals surface area contributed by atoms with Gasteiger partial charge in [-0.05, 0) is 50.0 Å².